The minimum Gasteiger partial charge on any atom is -0.292 e. The lowest BCUT2D eigenvalue weighted by molar-refractivity contribution is 1.01. The number of para-hydroxylation sites is 3. The van der Waals surface area contributed by atoms with Crippen molar-refractivity contribution in [1.29, 1.82) is 0 Å². The molecule has 5 nitrogen and oxygen atoms in total. The topological polar surface area (TPSA) is 48.0 Å². The molecule has 0 saturated carbocycles. The quantitative estimate of drug-likeness (QED) is 0.183. The molecular weight excluding hydrogens is 587 g/mol. The molecule has 0 aliphatic rings. The van der Waals surface area contributed by atoms with Crippen LogP contribution < -0.4 is 0 Å². The van der Waals surface area contributed by atoms with Crippen LogP contribution in [0.2, 0.25) is 0 Å². The largest absolute Gasteiger partial charge is 0.292 e. The summed E-state index contributed by atoms with van der Waals surface area (Å²) in [6.07, 6.45) is 0. The van der Waals surface area contributed by atoms with Crippen LogP contribution in [0.25, 0.3) is 99.0 Å². The molecule has 48 heavy (non-hydrogen) atoms. The van der Waals surface area contributed by atoms with Gasteiger partial charge in [0.1, 0.15) is 5.65 Å². The van der Waals surface area contributed by atoms with Crippen molar-refractivity contribution < 1.29 is 0 Å². The lowest BCUT2D eigenvalue weighted by atomic mass is 10.0. The van der Waals surface area contributed by atoms with E-state index >= 15 is 0 Å². The molecule has 222 valence electrons. The fourth-order valence-electron chi connectivity index (χ4n) is 7.72. The highest BCUT2D eigenvalue weighted by Gasteiger charge is 2.19. The van der Waals surface area contributed by atoms with Gasteiger partial charge in [-0.05, 0) is 58.6 Å². The van der Waals surface area contributed by atoms with Gasteiger partial charge in [-0.25, -0.2) is 15.0 Å². The van der Waals surface area contributed by atoms with Gasteiger partial charge in [0.05, 0.1) is 38.8 Å². The summed E-state index contributed by atoms with van der Waals surface area (Å²) < 4.78 is 4.55. The van der Waals surface area contributed by atoms with E-state index in [4.69, 9.17) is 15.0 Å². The van der Waals surface area contributed by atoms with Crippen molar-refractivity contribution in [2.45, 2.75) is 0 Å². The van der Waals surface area contributed by atoms with Crippen molar-refractivity contribution in [1.82, 2.24) is 23.9 Å². The third kappa shape index (κ3) is 3.47. The normalized spacial score (nSPS) is 12.2. The zero-order valence-corrected chi connectivity index (χ0v) is 25.7. The zero-order valence-electron chi connectivity index (χ0n) is 25.7. The second-order valence-electron chi connectivity index (χ2n) is 12.5. The van der Waals surface area contributed by atoms with E-state index in [0.29, 0.717) is 5.95 Å². The smallest absolute Gasteiger partial charge is 0.235 e. The van der Waals surface area contributed by atoms with E-state index in [1.54, 1.807) is 0 Å². The maximum atomic E-state index is 5.28. The van der Waals surface area contributed by atoms with Gasteiger partial charge in [0.2, 0.25) is 5.95 Å². The summed E-state index contributed by atoms with van der Waals surface area (Å²) >= 11 is 0. The van der Waals surface area contributed by atoms with Crippen LogP contribution in [-0.4, -0.2) is 23.9 Å². The van der Waals surface area contributed by atoms with Gasteiger partial charge in [0.15, 0.2) is 0 Å². The molecule has 4 aromatic heterocycles. The molecule has 5 heteroatoms. The van der Waals surface area contributed by atoms with Crippen LogP contribution in [0.15, 0.2) is 152 Å². The molecule has 0 N–H and O–H groups in total. The van der Waals surface area contributed by atoms with Gasteiger partial charge in [0.25, 0.3) is 0 Å². The molecule has 11 aromatic rings. The number of hydrogen-bond acceptors (Lipinski definition) is 3. The van der Waals surface area contributed by atoms with Gasteiger partial charge in [-0.2, -0.15) is 0 Å². The predicted octanol–water partition coefficient (Wildman–Crippen LogP) is 10.7. The summed E-state index contributed by atoms with van der Waals surface area (Å²) in [6.45, 7) is 0. The molecule has 0 unspecified atom stereocenters. The molecule has 0 atom stereocenters. The van der Waals surface area contributed by atoms with Gasteiger partial charge in [-0.15, -0.1) is 0 Å². The van der Waals surface area contributed by atoms with Crippen LogP contribution >= 0.6 is 0 Å². The fourth-order valence-corrected chi connectivity index (χ4v) is 7.72. The highest BCUT2D eigenvalue weighted by Crippen LogP contribution is 2.38. The first-order valence-corrected chi connectivity index (χ1v) is 16.2. The molecule has 0 radical (unpaired) electrons. The van der Waals surface area contributed by atoms with E-state index in [0.717, 1.165) is 76.9 Å². The molecule has 0 bridgehead atoms. The average Bonchev–Trinajstić information content (AvgIpc) is 3.68. The Morgan fingerprint density at radius 1 is 0.375 bits per heavy atom. The van der Waals surface area contributed by atoms with Crippen molar-refractivity contribution in [3.05, 3.63) is 152 Å². The van der Waals surface area contributed by atoms with Crippen LogP contribution in [0.1, 0.15) is 0 Å². The number of imidazole rings is 1. The monoisotopic (exact) mass is 611 g/mol. The number of rotatable bonds is 2. The number of aromatic nitrogens is 5. The first-order chi connectivity index (χ1) is 23.8. The summed E-state index contributed by atoms with van der Waals surface area (Å²) in [5.41, 5.74) is 9.26. The second-order valence-corrected chi connectivity index (χ2v) is 12.5. The Morgan fingerprint density at radius 2 is 1.00 bits per heavy atom. The van der Waals surface area contributed by atoms with Crippen molar-refractivity contribution >= 4 is 81.8 Å². The van der Waals surface area contributed by atoms with E-state index in [2.05, 4.69) is 148 Å². The van der Waals surface area contributed by atoms with Gasteiger partial charge in [-0.3, -0.25) is 8.97 Å². The van der Waals surface area contributed by atoms with E-state index in [-0.39, 0.29) is 0 Å². The summed E-state index contributed by atoms with van der Waals surface area (Å²) in [7, 11) is 0. The van der Waals surface area contributed by atoms with Crippen molar-refractivity contribution in [3.63, 3.8) is 0 Å². The number of benzene rings is 7. The maximum absolute atomic E-state index is 5.28. The minimum absolute atomic E-state index is 0.659. The third-order valence-corrected chi connectivity index (χ3v) is 9.85. The van der Waals surface area contributed by atoms with Gasteiger partial charge in [0, 0.05) is 32.5 Å². The summed E-state index contributed by atoms with van der Waals surface area (Å²) in [5.74, 6) is 0.659. The Balaban J connectivity index is 1.25. The number of nitrogens with zero attached hydrogens (tertiary/aromatic N) is 5. The summed E-state index contributed by atoms with van der Waals surface area (Å²) in [4.78, 5) is 15.7. The molecule has 0 saturated heterocycles. The van der Waals surface area contributed by atoms with Crippen molar-refractivity contribution in [3.8, 4) is 17.2 Å². The van der Waals surface area contributed by atoms with Gasteiger partial charge < -0.3 is 0 Å². The van der Waals surface area contributed by atoms with Crippen LogP contribution in [0, 0.1) is 0 Å². The fraction of sp³-hybridized carbons (Fsp3) is 0. The Bertz CT molecular complexity index is 3120. The predicted molar refractivity (Wildman–Crippen MR) is 198 cm³/mol. The van der Waals surface area contributed by atoms with Crippen LogP contribution in [-0.2, 0) is 0 Å². The molecule has 0 aliphatic heterocycles. The first kappa shape index (κ1) is 25.6. The molecule has 0 aliphatic carbocycles. The average molecular weight is 612 g/mol. The molecule has 11 rings (SSSR count). The minimum atomic E-state index is 0.659. The highest BCUT2D eigenvalue weighted by molar-refractivity contribution is 6.17. The highest BCUT2D eigenvalue weighted by atomic mass is 15.2. The Kier molecular flexibility index (Phi) is 5.05. The molecule has 4 heterocycles. The molecular formula is C43H25N5. The summed E-state index contributed by atoms with van der Waals surface area (Å²) in [5, 5.41) is 9.25. The lowest BCUT2D eigenvalue weighted by Crippen LogP contribution is -2.03. The van der Waals surface area contributed by atoms with Gasteiger partial charge >= 0.3 is 0 Å². The Hall–Kier alpha value is -6.59. The number of pyridine rings is 1. The molecule has 0 amide bonds. The van der Waals surface area contributed by atoms with E-state index in [9.17, 15) is 0 Å². The Morgan fingerprint density at radius 3 is 1.83 bits per heavy atom. The molecule has 0 fully saturated rings. The van der Waals surface area contributed by atoms with Crippen molar-refractivity contribution in [2.75, 3.05) is 0 Å². The maximum Gasteiger partial charge on any atom is 0.235 e. The Labute approximate surface area is 274 Å². The number of fused-ring (bicyclic) bond motifs is 13. The van der Waals surface area contributed by atoms with Crippen LogP contribution in [0.4, 0.5) is 0 Å². The van der Waals surface area contributed by atoms with E-state index in [1.165, 1.54) is 16.2 Å². The molecule has 0 spiro atoms. The van der Waals surface area contributed by atoms with E-state index < -0.39 is 0 Å². The second kappa shape index (κ2) is 9.47. The molecule has 7 aromatic carbocycles. The number of hydrogen-bond donors (Lipinski definition) is 0. The van der Waals surface area contributed by atoms with Crippen LogP contribution in [0.3, 0.4) is 0 Å². The zero-order chi connectivity index (χ0) is 31.3. The van der Waals surface area contributed by atoms with Crippen LogP contribution in [0.5, 0.6) is 0 Å². The lowest BCUT2D eigenvalue weighted by Gasteiger charge is -2.12. The summed E-state index contributed by atoms with van der Waals surface area (Å²) in [6, 6.07) is 53.6. The standard InChI is InChI=1S/C43H25N5/c1-2-12-26(13-3-1)41-33-18-6-9-19-35(33)45-43(46-41)48-38-21-11-8-16-31(38)34-22-27-23-36-40(25-28(27)24-39(34)48)47-37-20-10-7-15-30(37)29-14-4-5-17-32(29)42(47)44-36/h1-25H. The third-order valence-electron chi connectivity index (χ3n) is 9.85. The van der Waals surface area contributed by atoms with Crippen molar-refractivity contribution in [2.24, 2.45) is 0 Å². The SMILES string of the molecule is c1ccc(-c2nc(-n3c4ccccc4c4cc5cc6nc7c8ccccc8c8ccccc8n7c6cc5cc43)nc3ccccc23)cc1. The van der Waals surface area contributed by atoms with Gasteiger partial charge in [-0.1, -0.05) is 109 Å². The first-order valence-electron chi connectivity index (χ1n) is 16.2. The van der Waals surface area contributed by atoms with E-state index in [1.807, 2.05) is 12.1 Å².